The fraction of sp³-hybridized carbons (Fsp3) is 0.167. The molecule has 1 aliphatic rings. The number of amides is 1. The predicted octanol–water partition coefficient (Wildman–Crippen LogP) is 4.47. The van der Waals surface area contributed by atoms with E-state index in [1.807, 2.05) is 70.2 Å². The number of hydrogen-bond acceptors (Lipinski definition) is 2. The molecule has 0 unspecified atom stereocenters. The van der Waals surface area contributed by atoms with Crippen molar-refractivity contribution in [3.63, 3.8) is 0 Å². The SMILES string of the molecule is O=C(N[C@H]1CCCc2ccccc21)c1cnn(-c2ccccc2)c1-n1cccc1. The van der Waals surface area contributed by atoms with Gasteiger partial charge in [0.15, 0.2) is 5.82 Å². The maximum absolute atomic E-state index is 13.3. The molecule has 144 valence electrons. The van der Waals surface area contributed by atoms with Gasteiger partial charge in [0.2, 0.25) is 0 Å². The zero-order valence-electron chi connectivity index (χ0n) is 16.0. The average molecular weight is 382 g/mol. The molecule has 1 atom stereocenters. The van der Waals surface area contributed by atoms with Crippen molar-refractivity contribution >= 4 is 5.91 Å². The number of aromatic nitrogens is 3. The molecule has 5 heteroatoms. The van der Waals surface area contributed by atoms with Crippen LogP contribution in [0.5, 0.6) is 0 Å². The van der Waals surface area contributed by atoms with Crippen LogP contribution in [0.1, 0.15) is 40.4 Å². The summed E-state index contributed by atoms with van der Waals surface area (Å²) in [5.74, 6) is 0.639. The fourth-order valence-electron chi connectivity index (χ4n) is 4.12. The summed E-state index contributed by atoms with van der Waals surface area (Å²) in [7, 11) is 0. The van der Waals surface area contributed by atoms with Crippen molar-refractivity contribution < 1.29 is 4.79 Å². The van der Waals surface area contributed by atoms with Gasteiger partial charge >= 0.3 is 0 Å². The molecule has 0 radical (unpaired) electrons. The van der Waals surface area contributed by atoms with Crippen LogP contribution < -0.4 is 5.32 Å². The molecule has 2 heterocycles. The Balaban J connectivity index is 1.52. The van der Waals surface area contributed by atoms with Crippen molar-refractivity contribution in [2.45, 2.75) is 25.3 Å². The van der Waals surface area contributed by atoms with Gasteiger partial charge in [0.25, 0.3) is 5.91 Å². The van der Waals surface area contributed by atoms with E-state index in [0.29, 0.717) is 5.56 Å². The second-order valence-electron chi connectivity index (χ2n) is 7.34. The lowest BCUT2D eigenvalue weighted by molar-refractivity contribution is 0.0932. The van der Waals surface area contributed by atoms with E-state index in [0.717, 1.165) is 30.8 Å². The Hall–Kier alpha value is -3.60. The van der Waals surface area contributed by atoms with Crippen molar-refractivity contribution in [3.05, 3.63) is 102 Å². The normalized spacial score (nSPS) is 15.7. The summed E-state index contributed by atoms with van der Waals surface area (Å²) in [4.78, 5) is 13.3. The lowest BCUT2D eigenvalue weighted by Crippen LogP contribution is -2.31. The first kappa shape index (κ1) is 17.5. The van der Waals surface area contributed by atoms with Crippen LogP contribution in [0.15, 0.2) is 85.3 Å². The maximum atomic E-state index is 13.3. The van der Waals surface area contributed by atoms with Crippen LogP contribution in [0.3, 0.4) is 0 Å². The summed E-state index contributed by atoms with van der Waals surface area (Å²) in [5, 5.41) is 7.79. The molecule has 0 aliphatic heterocycles. The lowest BCUT2D eigenvalue weighted by atomic mass is 9.87. The molecule has 5 rings (SSSR count). The summed E-state index contributed by atoms with van der Waals surface area (Å²) >= 11 is 0. The van der Waals surface area contributed by atoms with Crippen LogP contribution in [0.2, 0.25) is 0 Å². The van der Waals surface area contributed by atoms with E-state index in [1.54, 1.807) is 6.20 Å². The summed E-state index contributed by atoms with van der Waals surface area (Å²) in [6, 6.07) is 22.2. The van der Waals surface area contributed by atoms with E-state index in [9.17, 15) is 4.79 Å². The Morgan fingerprint density at radius 1 is 0.966 bits per heavy atom. The molecule has 2 aromatic heterocycles. The molecular weight excluding hydrogens is 360 g/mol. The van der Waals surface area contributed by atoms with E-state index < -0.39 is 0 Å². The van der Waals surface area contributed by atoms with Gasteiger partial charge in [0, 0.05) is 12.4 Å². The van der Waals surface area contributed by atoms with Crippen LogP contribution in [0, 0.1) is 0 Å². The van der Waals surface area contributed by atoms with Gasteiger partial charge in [-0.05, 0) is 54.7 Å². The summed E-state index contributed by atoms with van der Waals surface area (Å²) < 4.78 is 3.74. The zero-order chi connectivity index (χ0) is 19.6. The molecule has 0 spiro atoms. The number of hydrogen-bond donors (Lipinski definition) is 1. The zero-order valence-corrected chi connectivity index (χ0v) is 16.0. The smallest absolute Gasteiger partial charge is 0.257 e. The molecule has 29 heavy (non-hydrogen) atoms. The van der Waals surface area contributed by atoms with Crippen molar-refractivity contribution in [1.82, 2.24) is 19.7 Å². The van der Waals surface area contributed by atoms with Gasteiger partial charge in [-0.25, -0.2) is 4.68 Å². The quantitative estimate of drug-likeness (QED) is 0.566. The third-order valence-corrected chi connectivity index (χ3v) is 5.51. The first-order valence-corrected chi connectivity index (χ1v) is 9.97. The molecule has 0 saturated heterocycles. The highest BCUT2D eigenvalue weighted by atomic mass is 16.1. The number of aryl methyl sites for hydroxylation is 1. The van der Waals surface area contributed by atoms with Crippen molar-refractivity contribution in [2.75, 3.05) is 0 Å². The molecule has 0 saturated carbocycles. The molecule has 1 N–H and O–H groups in total. The van der Waals surface area contributed by atoms with E-state index in [1.165, 1.54) is 11.1 Å². The van der Waals surface area contributed by atoms with E-state index >= 15 is 0 Å². The highest BCUT2D eigenvalue weighted by Crippen LogP contribution is 2.30. The number of nitrogens with zero attached hydrogens (tertiary/aromatic N) is 3. The van der Waals surface area contributed by atoms with Gasteiger partial charge in [-0.3, -0.25) is 4.79 Å². The summed E-state index contributed by atoms with van der Waals surface area (Å²) in [5.41, 5.74) is 4.03. The van der Waals surface area contributed by atoms with Gasteiger partial charge in [-0.1, -0.05) is 42.5 Å². The number of nitrogens with one attached hydrogen (secondary N) is 1. The molecule has 2 aromatic carbocycles. The molecule has 1 aliphatic carbocycles. The number of para-hydroxylation sites is 1. The molecule has 4 aromatic rings. The Kier molecular flexibility index (Phi) is 4.48. The third kappa shape index (κ3) is 3.25. The second kappa shape index (κ2) is 7.43. The predicted molar refractivity (Wildman–Crippen MR) is 112 cm³/mol. The number of benzene rings is 2. The first-order valence-electron chi connectivity index (χ1n) is 9.97. The van der Waals surface area contributed by atoms with Crippen molar-refractivity contribution in [1.29, 1.82) is 0 Å². The van der Waals surface area contributed by atoms with Crippen molar-refractivity contribution in [2.24, 2.45) is 0 Å². The van der Waals surface area contributed by atoms with Crippen LogP contribution in [0.4, 0.5) is 0 Å². The molecular formula is C24H22N4O. The Labute approximate surface area is 169 Å². The highest BCUT2D eigenvalue weighted by Gasteiger charge is 2.25. The second-order valence-corrected chi connectivity index (χ2v) is 7.34. The number of rotatable bonds is 4. The molecule has 5 nitrogen and oxygen atoms in total. The van der Waals surface area contributed by atoms with Gasteiger partial charge in [-0.15, -0.1) is 0 Å². The van der Waals surface area contributed by atoms with Crippen LogP contribution in [-0.2, 0) is 6.42 Å². The topological polar surface area (TPSA) is 51.9 Å². The van der Waals surface area contributed by atoms with Gasteiger partial charge in [-0.2, -0.15) is 5.10 Å². The summed E-state index contributed by atoms with van der Waals surface area (Å²) in [6.45, 7) is 0. The molecule has 0 fully saturated rings. The minimum Gasteiger partial charge on any atom is -0.345 e. The average Bonchev–Trinajstić information content (AvgIpc) is 3.44. The fourth-order valence-corrected chi connectivity index (χ4v) is 4.12. The standard InChI is InChI=1S/C24H22N4O/c29-23(26-22-14-8-10-18-9-4-5-13-20(18)22)21-17-25-28(19-11-2-1-3-12-19)24(21)27-15-6-7-16-27/h1-7,9,11-13,15-17,22H,8,10,14H2,(H,26,29)/t22-/m0/s1. The molecule has 1 amide bonds. The largest absolute Gasteiger partial charge is 0.345 e. The molecule has 0 bridgehead atoms. The van der Waals surface area contributed by atoms with Crippen LogP contribution in [-0.4, -0.2) is 20.3 Å². The lowest BCUT2D eigenvalue weighted by Gasteiger charge is -2.26. The Morgan fingerprint density at radius 3 is 2.55 bits per heavy atom. The van der Waals surface area contributed by atoms with Crippen LogP contribution in [0.25, 0.3) is 11.5 Å². The minimum absolute atomic E-state index is 0.0324. The van der Waals surface area contributed by atoms with E-state index in [4.69, 9.17) is 0 Å². The van der Waals surface area contributed by atoms with E-state index in [2.05, 4.69) is 28.6 Å². The number of carbonyl (C=O) groups excluding carboxylic acids is 1. The first-order chi connectivity index (χ1) is 14.3. The maximum Gasteiger partial charge on any atom is 0.257 e. The van der Waals surface area contributed by atoms with Crippen LogP contribution >= 0.6 is 0 Å². The minimum atomic E-state index is -0.0995. The number of carbonyl (C=O) groups is 1. The van der Waals surface area contributed by atoms with Gasteiger partial charge in [0.05, 0.1) is 17.9 Å². The Morgan fingerprint density at radius 2 is 1.72 bits per heavy atom. The highest BCUT2D eigenvalue weighted by molar-refractivity contribution is 5.97. The number of fused-ring (bicyclic) bond motifs is 1. The van der Waals surface area contributed by atoms with Crippen molar-refractivity contribution in [3.8, 4) is 11.5 Å². The Bertz CT molecular complexity index is 1130. The third-order valence-electron chi connectivity index (χ3n) is 5.51. The van der Waals surface area contributed by atoms with Gasteiger partial charge in [0.1, 0.15) is 5.56 Å². The van der Waals surface area contributed by atoms with Gasteiger partial charge < -0.3 is 9.88 Å². The monoisotopic (exact) mass is 382 g/mol. The van der Waals surface area contributed by atoms with E-state index in [-0.39, 0.29) is 11.9 Å². The summed E-state index contributed by atoms with van der Waals surface area (Å²) in [6.07, 6.45) is 8.63.